The Bertz CT molecular complexity index is 563. The number of benzene rings is 1. The number of carboxylic acid groups (broad SMARTS) is 2. The van der Waals surface area contributed by atoms with Crippen LogP contribution in [-0.4, -0.2) is 35.1 Å². The molecule has 7 nitrogen and oxygen atoms in total. The number of carboxylic acids is 2. The van der Waals surface area contributed by atoms with E-state index in [4.69, 9.17) is 14.8 Å². The number of hydrogen-bond donors (Lipinski definition) is 3. The molecule has 86 valence electrons. The largest absolute Gasteiger partial charge is 1.00 e. The summed E-state index contributed by atoms with van der Waals surface area (Å²) in [6.45, 7) is 0. The fourth-order valence-corrected chi connectivity index (χ4v) is 1.64. The topological polar surface area (TPSA) is 129 Å². The van der Waals surface area contributed by atoms with Crippen LogP contribution in [0.2, 0.25) is 0 Å². The monoisotopic (exact) mass is 268 g/mol. The molecule has 1 aromatic rings. The zero-order valence-electron chi connectivity index (χ0n) is 8.54. The van der Waals surface area contributed by atoms with Crippen molar-refractivity contribution in [1.29, 1.82) is 0 Å². The van der Waals surface area contributed by atoms with Crippen molar-refractivity contribution in [3.05, 3.63) is 29.3 Å². The van der Waals surface area contributed by atoms with Crippen molar-refractivity contribution in [3.8, 4) is 0 Å². The smallest absolute Gasteiger partial charge is 0.521 e. The second kappa shape index (κ2) is 5.61. The minimum absolute atomic E-state index is 0. The van der Waals surface area contributed by atoms with Crippen molar-refractivity contribution < 1.29 is 62.3 Å². The Balaban J connectivity index is 0.00000256. The summed E-state index contributed by atoms with van der Waals surface area (Å²) in [5.41, 5.74) is -1.30. The first-order valence-corrected chi connectivity index (χ1v) is 5.18. The molecule has 0 amide bonds. The molecule has 3 N–H and O–H groups in total. The minimum atomic E-state index is -4.83. The van der Waals surface area contributed by atoms with Crippen molar-refractivity contribution in [2.45, 2.75) is 4.90 Å². The molecule has 0 aromatic heterocycles. The summed E-state index contributed by atoms with van der Waals surface area (Å²) >= 11 is 0. The number of carbonyl (C=O) groups is 2. The van der Waals surface area contributed by atoms with Crippen molar-refractivity contribution in [3.63, 3.8) is 0 Å². The molecule has 0 heterocycles. The van der Waals surface area contributed by atoms with Gasteiger partial charge in [0.2, 0.25) is 5.97 Å². The van der Waals surface area contributed by atoms with Crippen LogP contribution in [-0.2, 0) is 10.1 Å². The Morgan fingerprint density at radius 2 is 1.65 bits per heavy atom. The van der Waals surface area contributed by atoms with Crippen LogP contribution in [0.25, 0.3) is 0 Å². The summed E-state index contributed by atoms with van der Waals surface area (Å²) in [6, 6.07) is 3.46. The van der Waals surface area contributed by atoms with Gasteiger partial charge >= 0.3 is 29.6 Å². The SMILES string of the molecule is O=C(O)c1[c-]c(S(=O)(=O)O)c(C(=O)O)cc1.[Na+]. The maximum atomic E-state index is 10.8. The fraction of sp³-hybridized carbons (Fsp3) is 0. The Morgan fingerprint density at radius 3 is 2.00 bits per heavy atom. The first-order chi connectivity index (χ1) is 7.23. The third kappa shape index (κ3) is 3.79. The van der Waals surface area contributed by atoms with Crippen LogP contribution >= 0.6 is 0 Å². The quantitative estimate of drug-likeness (QED) is 0.305. The molecule has 1 rings (SSSR count). The molecule has 0 aliphatic heterocycles. The summed E-state index contributed by atoms with van der Waals surface area (Å²) in [6.07, 6.45) is 0. The summed E-state index contributed by atoms with van der Waals surface area (Å²) < 4.78 is 30.3. The van der Waals surface area contributed by atoms with Gasteiger partial charge in [0.1, 0.15) is 0 Å². The summed E-state index contributed by atoms with van der Waals surface area (Å²) in [5, 5.41) is 17.2. The first kappa shape index (κ1) is 16.1. The summed E-state index contributed by atoms with van der Waals surface area (Å²) in [7, 11) is -4.83. The first-order valence-electron chi connectivity index (χ1n) is 3.74. The van der Waals surface area contributed by atoms with E-state index in [1.807, 2.05) is 6.07 Å². The Hall–Kier alpha value is -0.930. The normalized spacial score (nSPS) is 10.4. The number of aromatic carboxylic acids is 2. The molecular formula is C8H5NaO7S. The summed E-state index contributed by atoms with van der Waals surface area (Å²) in [5.74, 6) is -3.09. The van der Waals surface area contributed by atoms with Crippen LogP contribution in [0, 0.1) is 6.07 Å². The van der Waals surface area contributed by atoms with Crippen molar-refractivity contribution in [2.75, 3.05) is 0 Å². The Labute approximate surface area is 118 Å². The van der Waals surface area contributed by atoms with Gasteiger partial charge in [-0.25, -0.2) is 0 Å². The molecule has 0 aliphatic carbocycles. The van der Waals surface area contributed by atoms with E-state index in [1.165, 1.54) is 0 Å². The van der Waals surface area contributed by atoms with Crippen molar-refractivity contribution >= 4 is 22.1 Å². The van der Waals surface area contributed by atoms with Gasteiger partial charge in [-0.15, -0.1) is 18.2 Å². The van der Waals surface area contributed by atoms with Gasteiger partial charge < -0.3 is 15.0 Å². The van der Waals surface area contributed by atoms with Crippen molar-refractivity contribution in [2.24, 2.45) is 0 Å². The number of rotatable bonds is 3. The summed E-state index contributed by atoms with van der Waals surface area (Å²) in [4.78, 5) is 20.0. The predicted octanol–water partition coefficient (Wildman–Crippen LogP) is -2.87. The Kier molecular flexibility index (Phi) is 5.30. The minimum Gasteiger partial charge on any atom is -0.521 e. The van der Waals surface area contributed by atoms with E-state index >= 15 is 0 Å². The maximum Gasteiger partial charge on any atom is 1.00 e. The molecule has 0 saturated carbocycles. The zero-order valence-corrected chi connectivity index (χ0v) is 11.4. The molecule has 0 atom stereocenters. The van der Waals surface area contributed by atoms with E-state index < -0.39 is 38.1 Å². The third-order valence-corrected chi connectivity index (χ3v) is 2.47. The van der Waals surface area contributed by atoms with Gasteiger partial charge in [0.05, 0.1) is 0 Å². The number of hydrogen-bond acceptors (Lipinski definition) is 4. The molecular weight excluding hydrogens is 263 g/mol. The van der Waals surface area contributed by atoms with Crippen LogP contribution in [0.15, 0.2) is 17.0 Å². The molecule has 0 spiro atoms. The molecule has 9 heteroatoms. The van der Waals surface area contributed by atoms with Gasteiger partial charge in [-0.05, 0) is 5.56 Å². The van der Waals surface area contributed by atoms with Crippen LogP contribution in [0.3, 0.4) is 0 Å². The van der Waals surface area contributed by atoms with Crippen LogP contribution in [0.4, 0.5) is 0 Å². The molecule has 0 saturated heterocycles. The van der Waals surface area contributed by atoms with Gasteiger partial charge in [-0.1, -0.05) is 5.56 Å². The van der Waals surface area contributed by atoms with Gasteiger partial charge in [-0.3, -0.25) is 9.35 Å². The molecule has 0 aliphatic rings. The van der Waals surface area contributed by atoms with Gasteiger partial charge in [-0.2, -0.15) is 8.42 Å². The molecule has 0 unspecified atom stereocenters. The van der Waals surface area contributed by atoms with Crippen molar-refractivity contribution in [1.82, 2.24) is 0 Å². The maximum absolute atomic E-state index is 10.8. The van der Waals surface area contributed by atoms with E-state index in [9.17, 15) is 18.0 Å². The van der Waals surface area contributed by atoms with Crippen LogP contribution < -0.4 is 29.6 Å². The third-order valence-electron chi connectivity index (χ3n) is 1.63. The van der Waals surface area contributed by atoms with E-state index in [0.29, 0.717) is 0 Å². The van der Waals surface area contributed by atoms with E-state index in [2.05, 4.69) is 0 Å². The molecule has 0 fully saturated rings. The van der Waals surface area contributed by atoms with Crippen LogP contribution in [0.5, 0.6) is 0 Å². The standard InChI is InChI=1S/C8H5O7S.Na/c9-7(10)4-1-2-5(8(11)12)6(3-4)16(13,14)15;/h1-2H,(H,9,10)(H,11,12)(H,13,14,15);/q-1;+1. The molecule has 0 radical (unpaired) electrons. The molecule has 1 aromatic carbocycles. The average Bonchev–Trinajstić information content (AvgIpc) is 2.15. The molecule has 17 heavy (non-hydrogen) atoms. The fourth-order valence-electron chi connectivity index (χ4n) is 0.970. The zero-order chi connectivity index (χ0) is 12.5. The van der Waals surface area contributed by atoms with E-state index in [-0.39, 0.29) is 29.6 Å². The van der Waals surface area contributed by atoms with Gasteiger partial charge in [0.25, 0.3) is 16.1 Å². The van der Waals surface area contributed by atoms with Crippen LogP contribution in [0.1, 0.15) is 20.7 Å². The second-order valence-corrected chi connectivity index (χ2v) is 4.06. The Morgan fingerprint density at radius 1 is 1.12 bits per heavy atom. The molecule has 0 bridgehead atoms. The predicted molar refractivity (Wildman–Crippen MR) is 49.0 cm³/mol. The average molecular weight is 268 g/mol. The van der Waals surface area contributed by atoms with E-state index in [1.54, 1.807) is 0 Å². The van der Waals surface area contributed by atoms with Gasteiger partial charge in [0, 0.05) is 4.90 Å². The van der Waals surface area contributed by atoms with E-state index in [0.717, 1.165) is 12.1 Å². The second-order valence-electron chi connectivity index (χ2n) is 2.70. The van der Waals surface area contributed by atoms with Gasteiger partial charge in [0.15, 0.2) is 0 Å².